The van der Waals surface area contributed by atoms with E-state index in [1.807, 2.05) is 0 Å². The maximum absolute atomic E-state index is 13.9. The monoisotopic (exact) mass is 308 g/mol. The average Bonchev–Trinajstić information content (AvgIpc) is 2.84. The van der Waals surface area contributed by atoms with E-state index in [2.05, 4.69) is 6.58 Å². The van der Waals surface area contributed by atoms with Crippen molar-refractivity contribution in [1.82, 2.24) is 0 Å². The summed E-state index contributed by atoms with van der Waals surface area (Å²) in [5.41, 5.74) is 0.499. The standard InChI is InChI=1S/C14H14BFO6/c1-3-13(17)20-6-8(2)22-14(18)10-5-11-9(4-12(10)16)7-21-15(11)19/h3-5,8,19H,1,6-7H2,2H3. The van der Waals surface area contributed by atoms with Gasteiger partial charge in [0.25, 0.3) is 0 Å². The zero-order valence-electron chi connectivity index (χ0n) is 11.9. The molecular weight excluding hydrogens is 294 g/mol. The summed E-state index contributed by atoms with van der Waals surface area (Å²) < 4.78 is 28.6. The first kappa shape index (κ1) is 16.2. The summed E-state index contributed by atoms with van der Waals surface area (Å²) in [6.45, 7) is 4.64. The molecule has 0 saturated carbocycles. The number of benzene rings is 1. The van der Waals surface area contributed by atoms with Crippen LogP contribution in [0.2, 0.25) is 0 Å². The van der Waals surface area contributed by atoms with E-state index in [4.69, 9.17) is 14.1 Å². The number of rotatable bonds is 5. The molecule has 1 aliphatic heterocycles. The Morgan fingerprint density at radius 3 is 3.00 bits per heavy atom. The summed E-state index contributed by atoms with van der Waals surface area (Å²) in [6.07, 6.45) is 0.223. The third kappa shape index (κ3) is 3.52. The molecule has 0 bridgehead atoms. The fourth-order valence-electron chi connectivity index (χ4n) is 1.94. The van der Waals surface area contributed by atoms with Gasteiger partial charge in [-0.15, -0.1) is 0 Å². The zero-order valence-corrected chi connectivity index (χ0v) is 11.9. The second-order valence-corrected chi connectivity index (χ2v) is 4.74. The predicted molar refractivity (Wildman–Crippen MR) is 74.8 cm³/mol. The van der Waals surface area contributed by atoms with Gasteiger partial charge in [0.15, 0.2) is 0 Å². The molecule has 0 amide bonds. The molecule has 1 unspecified atom stereocenters. The average molecular weight is 308 g/mol. The molecule has 116 valence electrons. The summed E-state index contributed by atoms with van der Waals surface area (Å²) in [5.74, 6) is -2.33. The fraction of sp³-hybridized carbons (Fsp3) is 0.286. The molecule has 6 nitrogen and oxygen atoms in total. The van der Waals surface area contributed by atoms with Gasteiger partial charge in [0, 0.05) is 6.08 Å². The SMILES string of the molecule is C=CC(=O)OCC(C)OC(=O)c1cc2c(cc1F)COB2O. The number of halogens is 1. The van der Waals surface area contributed by atoms with Gasteiger partial charge in [0.05, 0.1) is 12.2 Å². The van der Waals surface area contributed by atoms with Gasteiger partial charge in [0.2, 0.25) is 0 Å². The third-order valence-electron chi connectivity index (χ3n) is 3.05. The zero-order chi connectivity index (χ0) is 16.3. The normalized spacial score (nSPS) is 14.2. The first-order valence-corrected chi connectivity index (χ1v) is 6.54. The van der Waals surface area contributed by atoms with Gasteiger partial charge in [-0.05, 0) is 30.1 Å². The van der Waals surface area contributed by atoms with Crippen molar-refractivity contribution >= 4 is 24.5 Å². The Hall–Kier alpha value is -2.19. The molecule has 1 N–H and O–H groups in total. The van der Waals surface area contributed by atoms with Crippen LogP contribution in [0.4, 0.5) is 4.39 Å². The van der Waals surface area contributed by atoms with Crippen LogP contribution in [-0.4, -0.2) is 36.8 Å². The highest BCUT2D eigenvalue weighted by atomic mass is 19.1. The fourth-order valence-corrected chi connectivity index (χ4v) is 1.94. The Kier molecular flexibility index (Phi) is 4.94. The van der Waals surface area contributed by atoms with Gasteiger partial charge < -0.3 is 19.2 Å². The topological polar surface area (TPSA) is 82.1 Å². The lowest BCUT2D eigenvalue weighted by Gasteiger charge is -2.14. The van der Waals surface area contributed by atoms with E-state index < -0.39 is 31.0 Å². The molecular formula is C14H14BFO6. The van der Waals surface area contributed by atoms with E-state index in [0.29, 0.717) is 11.0 Å². The molecule has 1 aromatic carbocycles. The maximum atomic E-state index is 13.9. The number of ether oxygens (including phenoxy) is 2. The molecule has 8 heteroatoms. The molecule has 0 radical (unpaired) electrons. The van der Waals surface area contributed by atoms with Gasteiger partial charge in [-0.2, -0.15) is 0 Å². The molecule has 1 atom stereocenters. The van der Waals surface area contributed by atoms with Crippen molar-refractivity contribution in [3.05, 3.63) is 41.7 Å². The Bertz CT molecular complexity index is 618. The predicted octanol–water partition coefficient (Wildman–Crippen LogP) is 0.318. The minimum absolute atomic E-state index is 0.0800. The molecule has 1 heterocycles. The van der Waals surface area contributed by atoms with Crippen molar-refractivity contribution in [3.8, 4) is 0 Å². The van der Waals surface area contributed by atoms with Crippen LogP contribution in [0.3, 0.4) is 0 Å². The first-order valence-electron chi connectivity index (χ1n) is 6.54. The highest BCUT2D eigenvalue weighted by Crippen LogP contribution is 2.16. The molecule has 0 aliphatic carbocycles. The quantitative estimate of drug-likeness (QED) is 0.479. The van der Waals surface area contributed by atoms with Crippen molar-refractivity contribution in [2.24, 2.45) is 0 Å². The number of esters is 2. The minimum atomic E-state index is -1.19. The smallest absolute Gasteiger partial charge is 0.459 e. The largest absolute Gasteiger partial charge is 0.491 e. The summed E-state index contributed by atoms with van der Waals surface area (Å²) >= 11 is 0. The Balaban J connectivity index is 2.05. The third-order valence-corrected chi connectivity index (χ3v) is 3.05. The summed E-state index contributed by atoms with van der Waals surface area (Å²) in [7, 11) is -1.19. The highest BCUT2D eigenvalue weighted by molar-refractivity contribution is 6.61. The van der Waals surface area contributed by atoms with Crippen LogP contribution in [0, 0.1) is 5.82 Å². The van der Waals surface area contributed by atoms with Crippen molar-refractivity contribution < 1.29 is 33.1 Å². The number of hydrogen-bond donors (Lipinski definition) is 1. The van der Waals surface area contributed by atoms with E-state index >= 15 is 0 Å². The van der Waals surface area contributed by atoms with Crippen molar-refractivity contribution in [1.29, 1.82) is 0 Å². The summed E-state index contributed by atoms with van der Waals surface area (Å²) in [5, 5.41) is 9.57. The highest BCUT2D eigenvalue weighted by Gasteiger charge is 2.30. The van der Waals surface area contributed by atoms with E-state index in [9.17, 15) is 19.0 Å². The lowest BCUT2D eigenvalue weighted by atomic mass is 9.78. The lowest BCUT2D eigenvalue weighted by molar-refractivity contribution is -0.140. The van der Waals surface area contributed by atoms with Crippen molar-refractivity contribution in [2.45, 2.75) is 19.6 Å². The van der Waals surface area contributed by atoms with Crippen LogP contribution in [0.15, 0.2) is 24.8 Å². The van der Waals surface area contributed by atoms with Crippen LogP contribution < -0.4 is 5.46 Å². The Morgan fingerprint density at radius 1 is 1.59 bits per heavy atom. The van der Waals surface area contributed by atoms with E-state index in [0.717, 1.165) is 12.1 Å². The van der Waals surface area contributed by atoms with E-state index in [1.165, 1.54) is 13.0 Å². The second-order valence-electron chi connectivity index (χ2n) is 4.74. The summed E-state index contributed by atoms with van der Waals surface area (Å²) in [6, 6.07) is 2.33. The molecule has 2 rings (SSSR count). The first-order chi connectivity index (χ1) is 10.4. The van der Waals surface area contributed by atoms with Gasteiger partial charge in [-0.3, -0.25) is 0 Å². The van der Waals surface area contributed by atoms with Crippen LogP contribution >= 0.6 is 0 Å². The van der Waals surface area contributed by atoms with Gasteiger partial charge in [-0.1, -0.05) is 6.58 Å². The van der Waals surface area contributed by atoms with E-state index in [-0.39, 0.29) is 18.8 Å². The van der Waals surface area contributed by atoms with Crippen molar-refractivity contribution in [2.75, 3.05) is 6.61 Å². The molecule has 0 fully saturated rings. The number of fused-ring (bicyclic) bond motifs is 1. The molecule has 0 saturated heterocycles. The minimum Gasteiger partial charge on any atom is -0.459 e. The molecule has 1 aromatic rings. The van der Waals surface area contributed by atoms with Gasteiger partial charge in [0.1, 0.15) is 18.5 Å². The Labute approximate surface area is 126 Å². The lowest BCUT2D eigenvalue weighted by Crippen LogP contribution is -2.30. The van der Waals surface area contributed by atoms with Gasteiger partial charge >= 0.3 is 19.1 Å². The summed E-state index contributed by atoms with van der Waals surface area (Å²) in [4.78, 5) is 22.9. The van der Waals surface area contributed by atoms with Crippen LogP contribution in [0.25, 0.3) is 0 Å². The molecule has 22 heavy (non-hydrogen) atoms. The van der Waals surface area contributed by atoms with Crippen LogP contribution in [-0.2, 0) is 25.5 Å². The maximum Gasteiger partial charge on any atom is 0.491 e. The van der Waals surface area contributed by atoms with Crippen molar-refractivity contribution in [3.63, 3.8) is 0 Å². The van der Waals surface area contributed by atoms with E-state index in [1.54, 1.807) is 0 Å². The number of carbonyl (C=O) groups excluding carboxylic acids is 2. The molecule has 0 spiro atoms. The molecule has 0 aromatic heterocycles. The number of hydrogen-bond acceptors (Lipinski definition) is 6. The number of carbonyl (C=O) groups is 2. The van der Waals surface area contributed by atoms with Gasteiger partial charge in [-0.25, -0.2) is 14.0 Å². The Morgan fingerprint density at radius 2 is 2.32 bits per heavy atom. The van der Waals surface area contributed by atoms with Crippen LogP contribution in [0.5, 0.6) is 0 Å². The molecule has 1 aliphatic rings. The second kappa shape index (κ2) is 6.72. The van der Waals surface area contributed by atoms with Crippen LogP contribution in [0.1, 0.15) is 22.8 Å².